The zero-order valence-corrected chi connectivity index (χ0v) is 11.0. The van der Waals surface area contributed by atoms with E-state index in [-0.39, 0.29) is 6.04 Å². The van der Waals surface area contributed by atoms with Crippen molar-refractivity contribution in [3.05, 3.63) is 28.6 Å². The molecule has 0 radical (unpaired) electrons. The SMILES string of the molecule is COc1nc(NC(C)c2cn[nH]c2)ncc1Br. The Bertz CT molecular complexity index is 487. The molecule has 0 spiro atoms. The van der Waals surface area contributed by atoms with Crippen LogP contribution >= 0.6 is 15.9 Å². The minimum atomic E-state index is 0.0691. The Morgan fingerprint density at radius 1 is 1.47 bits per heavy atom. The van der Waals surface area contributed by atoms with Gasteiger partial charge in [-0.3, -0.25) is 5.10 Å². The van der Waals surface area contributed by atoms with E-state index in [4.69, 9.17) is 4.74 Å². The van der Waals surface area contributed by atoms with E-state index in [1.54, 1.807) is 19.5 Å². The lowest BCUT2D eigenvalue weighted by atomic mass is 10.2. The van der Waals surface area contributed by atoms with Gasteiger partial charge in [0.2, 0.25) is 11.8 Å². The third kappa shape index (κ3) is 2.73. The third-order valence-electron chi connectivity index (χ3n) is 2.27. The van der Waals surface area contributed by atoms with Crippen LogP contribution in [0.5, 0.6) is 5.88 Å². The first-order chi connectivity index (χ1) is 8.20. The number of nitrogens with zero attached hydrogens (tertiary/aromatic N) is 3. The van der Waals surface area contributed by atoms with Gasteiger partial charge in [-0.25, -0.2) is 4.98 Å². The van der Waals surface area contributed by atoms with Crippen molar-refractivity contribution in [3.63, 3.8) is 0 Å². The first-order valence-electron chi connectivity index (χ1n) is 5.02. The van der Waals surface area contributed by atoms with E-state index in [1.807, 2.05) is 13.1 Å². The Kier molecular flexibility index (Phi) is 3.58. The van der Waals surface area contributed by atoms with Gasteiger partial charge in [0, 0.05) is 11.8 Å². The molecule has 2 N–H and O–H groups in total. The maximum Gasteiger partial charge on any atom is 0.232 e. The number of nitrogens with one attached hydrogen (secondary N) is 2. The first-order valence-corrected chi connectivity index (χ1v) is 5.81. The molecule has 1 unspecified atom stereocenters. The van der Waals surface area contributed by atoms with Crippen LogP contribution in [0.2, 0.25) is 0 Å². The second-order valence-electron chi connectivity index (χ2n) is 3.45. The molecule has 2 heterocycles. The van der Waals surface area contributed by atoms with Gasteiger partial charge in [0.1, 0.15) is 0 Å². The van der Waals surface area contributed by atoms with Gasteiger partial charge in [0.05, 0.1) is 30.0 Å². The molecular weight excluding hydrogens is 286 g/mol. The standard InChI is InChI=1S/C10H12BrN5O/c1-6(7-3-13-14-4-7)15-10-12-5-8(11)9(16-10)17-2/h3-6H,1-2H3,(H,13,14)(H,12,15,16). The number of hydrogen-bond donors (Lipinski definition) is 2. The van der Waals surface area contributed by atoms with Gasteiger partial charge in [0.15, 0.2) is 0 Å². The number of rotatable bonds is 4. The van der Waals surface area contributed by atoms with Gasteiger partial charge in [-0.2, -0.15) is 10.1 Å². The van der Waals surface area contributed by atoms with E-state index in [0.717, 1.165) is 10.0 Å². The van der Waals surface area contributed by atoms with E-state index in [0.29, 0.717) is 11.8 Å². The molecule has 2 rings (SSSR count). The van der Waals surface area contributed by atoms with Crippen molar-refractivity contribution >= 4 is 21.9 Å². The molecule has 0 aliphatic heterocycles. The molecule has 2 aromatic rings. The number of aromatic nitrogens is 4. The van der Waals surface area contributed by atoms with Crippen LogP contribution in [0.3, 0.4) is 0 Å². The molecule has 0 amide bonds. The van der Waals surface area contributed by atoms with Crippen LogP contribution in [-0.4, -0.2) is 27.3 Å². The Labute approximate surface area is 107 Å². The van der Waals surface area contributed by atoms with Crippen LogP contribution in [-0.2, 0) is 0 Å². The van der Waals surface area contributed by atoms with E-state index in [9.17, 15) is 0 Å². The smallest absolute Gasteiger partial charge is 0.232 e. The van der Waals surface area contributed by atoms with Gasteiger partial charge >= 0.3 is 0 Å². The minimum absolute atomic E-state index is 0.0691. The molecule has 0 aromatic carbocycles. The second kappa shape index (κ2) is 5.13. The number of ether oxygens (including phenoxy) is 1. The summed E-state index contributed by atoms with van der Waals surface area (Å²) in [6.45, 7) is 2.00. The first kappa shape index (κ1) is 11.8. The number of halogens is 1. The Balaban J connectivity index is 2.13. The van der Waals surface area contributed by atoms with Crippen LogP contribution in [0.4, 0.5) is 5.95 Å². The summed E-state index contributed by atoms with van der Waals surface area (Å²) in [6, 6.07) is 0.0691. The largest absolute Gasteiger partial charge is 0.480 e. The zero-order chi connectivity index (χ0) is 12.3. The molecule has 2 aromatic heterocycles. The summed E-state index contributed by atoms with van der Waals surface area (Å²) in [5.41, 5.74) is 1.04. The Morgan fingerprint density at radius 2 is 2.29 bits per heavy atom. The highest BCUT2D eigenvalue weighted by atomic mass is 79.9. The average molecular weight is 298 g/mol. The molecule has 7 heteroatoms. The molecule has 0 saturated carbocycles. The fraction of sp³-hybridized carbons (Fsp3) is 0.300. The van der Waals surface area contributed by atoms with Crippen LogP contribution in [0.15, 0.2) is 23.1 Å². The average Bonchev–Trinajstić information content (AvgIpc) is 2.85. The summed E-state index contributed by atoms with van der Waals surface area (Å²) < 4.78 is 5.83. The van der Waals surface area contributed by atoms with Crippen molar-refractivity contribution < 1.29 is 4.74 Å². The lowest BCUT2D eigenvalue weighted by Crippen LogP contribution is -2.09. The van der Waals surface area contributed by atoms with Gasteiger partial charge in [0.25, 0.3) is 0 Å². The van der Waals surface area contributed by atoms with Crippen molar-refractivity contribution in [2.45, 2.75) is 13.0 Å². The highest BCUT2D eigenvalue weighted by Crippen LogP contribution is 2.23. The fourth-order valence-electron chi connectivity index (χ4n) is 1.34. The van der Waals surface area contributed by atoms with Gasteiger partial charge in [-0.15, -0.1) is 0 Å². The monoisotopic (exact) mass is 297 g/mol. The summed E-state index contributed by atoms with van der Waals surface area (Å²) in [5.74, 6) is 1.01. The van der Waals surface area contributed by atoms with Gasteiger partial charge in [-0.05, 0) is 22.9 Å². The Morgan fingerprint density at radius 3 is 2.94 bits per heavy atom. The number of hydrogen-bond acceptors (Lipinski definition) is 5. The van der Waals surface area contributed by atoms with Crippen LogP contribution in [0.1, 0.15) is 18.5 Å². The lowest BCUT2D eigenvalue weighted by Gasteiger charge is -2.12. The predicted molar refractivity (Wildman–Crippen MR) is 66.9 cm³/mol. The number of anilines is 1. The topological polar surface area (TPSA) is 75.7 Å². The van der Waals surface area contributed by atoms with E-state index < -0.39 is 0 Å². The number of methoxy groups -OCH3 is 1. The maximum atomic E-state index is 5.10. The molecule has 0 saturated heterocycles. The summed E-state index contributed by atoms with van der Waals surface area (Å²) >= 11 is 3.30. The summed E-state index contributed by atoms with van der Waals surface area (Å²) in [6.07, 6.45) is 5.23. The third-order valence-corrected chi connectivity index (χ3v) is 2.81. The van der Waals surface area contributed by atoms with Crippen molar-refractivity contribution in [1.29, 1.82) is 0 Å². The molecule has 17 heavy (non-hydrogen) atoms. The molecule has 0 bridgehead atoms. The quantitative estimate of drug-likeness (QED) is 0.904. The van der Waals surface area contributed by atoms with Crippen molar-refractivity contribution in [3.8, 4) is 5.88 Å². The van der Waals surface area contributed by atoms with E-state index >= 15 is 0 Å². The summed E-state index contributed by atoms with van der Waals surface area (Å²) in [4.78, 5) is 8.38. The number of aromatic amines is 1. The Hall–Kier alpha value is -1.63. The van der Waals surface area contributed by atoms with Crippen molar-refractivity contribution in [2.24, 2.45) is 0 Å². The minimum Gasteiger partial charge on any atom is -0.480 e. The highest BCUT2D eigenvalue weighted by Gasteiger charge is 2.10. The van der Waals surface area contributed by atoms with E-state index in [1.165, 1.54) is 0 Å². The molecule has 0 fully saturated rings. The number of H-pyrrole nitrogens is 1. The summed E-state index contributed by atoms with van der Waals surface area (Å²) in [7, 11) is 1.57. The maximum absolute atomic E-state index is 5.10. The highest BCUT2D eigenvalue weighted by molar-refractivity contribution is 9.10. The van der Waals surface area contributed by atoms with E-state index in [2.05, 4.69) is 41.4 Å². The molecule has 0 aliphatic rings. The van der Waals surface area contributed by atoms with Gasteiger partial charge < -0.3 is 10.1 Å². The second-order valence-corrected chi connectivity index (χ2v) is 4.30. The van der Waals surface area contributed by atoms with Crippen LogP contribution < -0.4 is 10.1 Å². The zero-order valence-electron chi connectivity index (χ0n) is 9.44. The van der Waals surface area contributed by atoms with Crippen LogP contribution in [0, 0.1) is 0 Å². The molecule has 0 aliphatic carbocycles. The lowest BCUT2D eigenvalue weighted by molar-refractivity contribution is 0.394. The predicted octanol–water partition coefficient (Wildman–Crippen LogP) is 2.14. The molecule has 1 atom stereocenters. The van der Waals surface area contributed by atoms with Crippen molar-refractivity contribution in [1.82, 2.24) is 20.2 Å². The van der Waals surface area contributed by atoms with Crippen LogP contribution in [0.25, 0.3) is 0 Å². The molecule has 90 valence electrons. The van der Waals surface area contributed by atoms with Crippen molar-refractivity contribution in [2.75, 3.05) is 12.4 Å². The summed E-state index contributed by atoms with van der Waals surface area (Å²) in [5, 5.41) is 9.82. The van der Waals surface area contributed by atoms with Gasteiger partial charge in [-0.1, -0.05) is 0 Å². The normalized spacial score (nSPS) is 12.2. The molecular formula is C10H12BrN5O. The fourth-order valence-corrected chi connectivity index (χ4v) is 1.69. The molecule has 6 nitrogen and oxygen atoms in total.